The first-order valence-corrected chi connectivity index (χ1v) is 8.49. The lowest BCUT2D eigenvalue weighted by Gasteiger charge is -2.28. The Morgan fingerprint density at radius 1 is 1.35 bits per heavy atom. The number of pyridine rings is 1. The van der Waals surface area contributed by atoms with Crippen LogP contribution in [0.5, 0.6) is 5.88 Å². The maximum absolute atomic E-state index is 13.3. The first kappa shape index (κ1) is 18.1. The Kier molecular flexibility index (Phi) is 5.68. The zero-order valence-corrected chi connectivity index (χ0v) is 14.9. The predicted molar refractivity (Wildman–Crippen MR) is 96.1 cm³/mol. The second kappa shape index (κ2) is 8.14. The van der Waals surface area contributed by atoms with E-state index in [1.54, 1.807) is 12.1 Å². The summed E-state index contributed by atoms with van der Waals surface area (Å²) >= 11 is 0. The summed E-state index contributed by atoms with van der Waals surface area (Å²) in [6, 6.07) is 8.01. The summed E-state index contributed by atoms with van der Waals surface area (Å²) in [6.45, 7) is 4.88. The molecule has 1 aromatic heterocycles. The van der Waals surface area contributed by atoms with E-state index in [0.717, 1.165) is 24.5 Å². The van der Waals surface area contributed by atoms with Crippen LogP contribution in [-0.2, 0) is 11.3 Å². The third kappa shape index (κ3) is 4.11. The van der Waals surface area contributed by atoms with E-state index in [9.17, 15) is 9.18 Å². The Balaban J connectivity index is 1.78. The van der Waals surface area contributed by atoms with Gasteiger partial charge in [-0.25, -0.2) is 4.39 Å². The number of amides is 1. The van der Waals surface area contributed by atoms with E-state index in [-0.39, 0.29) is 24.1 Å². The summed E-state index contributed by atoms with van der Waals surface area (Å²) in [5, 5.41) is 2.80. The molecule has 0 bridgehead atoms. The summed E-state index contributed by atoms with van der Waals surface area (Å²) in [5.41, 5.74) is 1.85. The fraction of sp³-hybridized carbons (Fsp3) is 0.368. The molecule has 0 radical (unpaired) electrons. The van der Waals surface area contributed by atoms with Crippen LogP contribution in [0.4, 0.5) is 10.2 Å². The molecule has 1 aromatic carbocycles. The van der Waals surface area contributed by atoms with Gasteiger partial charge in [0.2, 0.25) is 5.88 Å². The minimum absolute atomic E-state index is 0.227. The SMILES string of the molecule is COc1nc(N2CCOCC2)cc(C)c1C(=O)NCc1cccc(F)c1. The summed E-state index contributed by atoms with van der Waals surface area (Å²) < 4.78 is 24.0. The van der Waals surface area contributed by atoms with Gasteiger partial charge in [-0.05, 0) is 36.2 Å². The van der Waals surface area contributed by atoms with Crippen LogP contribution >= 0.6 is 0 Å². The number of methoxy groups -OCH3 is 1. The maximum atomic E-state index is 13.3. The summed E-state index contributed by atoms with van der Waals surface area (Å²) in [7, 11) is 1.49. The summed E-state index contributed by atoms with van der Waals surface area (Å²) in [4.78, 5) is 19.2. The quantitative estimate of drug-likeness (QED) is 0.888. The molecule has 1 saturated heterocycles. The molecule has 0 saturated carbocycles. The van der Waals surface area contributed by atoms with Crippen LogP contribution < -0.4 is 15.0 Å². The Morgan fingerprint density at radius 3 is 2.81 bits per heavy atom. The Bertz CT molecular complexity index is 792. The van der Waals surface area contributed by atoms with Gasteiger partial charge in [-0.15, -0.1) is 0 Å². The van der Waals surface area contributed by atoms with E-state index >= 15 is 0 Å². The molecule has 1 aliphatic rings. The minimum atomic E-state index is -0.331. The van der Waals surface area contributed by atoms with Crippen molar-refractivity contribution in [2.75, 3.05) is 38.3 Å². The fourth-order valence-corrected chi connectivity index (χ4v) is 2.92. The first-order valence-electron chi connectivity index (χ1n) is 8.49. The molecule has 1 fully saturated rings. The summed E-state index contributed by atoms with van der Waals surface area (Å²) in [6.07, 6.45) is 0. The third-order valence-corrected chi connectivity index (χ3v) is 4.27. The van der Waals surface area contributed by atoms with Crippen molar-refractivity contribution in [3.8, 4) is 5.88 Å². The number of carbonyl (C=O) groups is 1. The molecule has 7 heteroatoms. The number of nitrogens with one attached hydrogen (secondary N) is 1. The number of ether oxygens (including phenoxy) is 2. The van der Waals surface area contributed by atoms with Crippen LogP contribution in [0.15, 0.2) is 30.3 Å². The molecule has 1 N–H and O–H groups in total. The smallest absolute Gasteiger partial charge is 0.257 e. The van der Waals surface area contributed by atoms with Crippen molar-refractivity contribution in [2.45, 2.75) is 13.5 Å². The third-order valence-electron chi connectivity index (χ3n) is 4.27. The van der Waals surface area contributed by atoms with E-state index in [0.29, 0.717) is 24.3 Å². The van der Waals surface area contributed by atoms with Crippen LogP contribution in [0.1, 0.15) is 21.5 Å². The van der Waals surface area contributed by atoms with Gasteiger partial charge >= 0.3 is 0 Å². The van der Waals surface area contributed by atoms with Crippen LogP contribution in [0.2, 0.25) is 0 Å². The molecule has 0 atom stereocenters. The lowest BCUT2D eigenvalue weighted by Crippen LogP contribution is -2.37. The van der Waals surface area contributed by atoms with Crippen LogP contribution in [0, 0.1) is 12.7 Å². The van der Waals surface area contributed by atoms with E-state index < -0.39 is 0 Å². The highest BCUT2D eigenvalue weighted by Gasteiger charge is 2.21. The molecule has 0 unspecified atom stereocenters. The van der Waals surface area contributed by atoms with Gasteiger partial charge in [-0.2, -0.15) is 4.98 Å². The van der Waals surface area contributed by atoms with E-state index in [4.69, 9.17) is 9.47 Å². The predicted octanol–water partition coefficient (Wildman–Crippen LogP) is 2.30. The second-order valence-electron chi connectivity index (χ2n) is 6.09. The number of halogens is 1. The van der Waals surface area contributed by atoms with Crippen LogP contribution in [-0.4, -0.2) is 44.3 Å². The zero-order valence-electron chi connectivity index (χ0n) is 14.9. The highest BCUT2D eigenvalue weighted by molar-refractivity contribution is 5.98. The van der Waals surface area contributed by atoms with Gasteiger partial charge < -0.3 is 19.7 Å². The molecular weight excluding hydrogens is 337 g/mol. The number of aromatic nitrogens is 1. The highest BCUT2D eigenvalue weighted by Crippen LogP contribution is 2.26. The zero-order chi connectivity index (χ0) is 18.5. The van der Waals surface area contributed by atoms with Crippen molar-refractivity contribution < 1.29 is 18.7 Å². The fourth-order valence-electron chi connectivity index (χ4n) is 2.92. The molecule has 0 spiro atoms. The molecule has 1 aliphatic heterocycles. The first-order chi connectivity index (χ1) is 12.6. The molecule has 2 heterocycles. The van der Waals surface area contributed by atoms with Gasteiger partial charge in [0, 0.05) is 19.6 Å². The van der Waals surface area contributed by atoms with Crippen molar-refractivity contribution in [1.82, 2.24) is 10.3 Å². The highest BCUT2D eigenvalue weighted by atomic mass is 19.1. The topological polar surface area (TPSA) is 63.7 Å². The number of hydrogen-bond acceptors (Lipinski definition) is 5. The molecule has 6 nitrogen and oxygen atoms in total. The molecule has 0 aliphatic carbocycles. The largest absolute Gasteiger partial charge is 0.480 e. The van der Waals surface area contributed by atoms with Crippen molar-refractivity contribution in [3.63, 3.8) is 0 Å². The van der Waals surface area contributed by atoms with Gasteiger partial charge in [0.05, 0.1) is 20.3 Å². The second-order valence-corrected chi connectivity index (χ2v) is 6.09. The van der Waals surface area contributed by atoms with Crippen molar-refractivity contribution in [3.05, 3.63) is 52.8 Å². The summed E-state index contributed by atoms with van der Waals surface area (Å²) in [5.74, 6) is 0.416. The molecule has 1 amide bonds. The normalized spacial score (nSPS) is 14.2. The molecule has 138 valence electrons. The minimum Gasteiger partial charge on any atom is -0.480 e. The molecule has 3 rings (SSSR count). The molecule has 26 heavy (non-hydrogen) atoms. The number of nitrogens with zero attached hydrogens (tertiary/aromatic N) is 2. The van der Waals surface area contributed by atoms with E-state index in [1.807, 2.05) is 13.0 Å². The van der Waals surface area contributed by atoms with E-state index in [2.05, 4.69) is 15.2 Å². The number of morpholine rings is 1. The monoisotopic (exact) mass is 359 g/mol. The van der Waals surface area contributed by atoms with E-state index in [1.165, 1.54) is 19.2 Å². The average Bonchev–Trinajstić information content (AvgIpc) is 2.66. The molecule has 2 aromatic rings. The number of anilines is 1. The standard InChI is InChI=1S/C19H22FN3O3/c1-13-10-16(23-6-8-26-9-7-23)22-19(25-2)17(13)18(24)21-12-14-4-3-5-15(20)11-14/h3-5,10-11H,6-9,12H2,1-2H3,(H,21,24). The van der Waals surface area contributed by atoms with Gasteiger partial charge in [-0.3, -0.25) is 4.79 Å². The van der Waals surface area contributed by atoms with Crippen LogP contribution in [0.3, 0.4) is 0 Å². The number of rotatable bonds is 5. The van der Waals surface area contributed by atoms with Gasteiger partial charge in [0.25, 0.3) is 5.91 Å². The Hall–Kier alpha value is -2.67. The van der Waals surface area contributed by atoms with Gasteiger partial charge in [-0.1, -0.05) is 12.1 Å². The van der Waals surface area contributed by atoms with Gasteiger partial charge in [0.1, 0.15) is 17.2 Å². The van der Waals surface area contributed by atoms with Crippen molar-refractivity contribution in [1.29, 1.82) is 0 Å². The van der Waals surface area contributed by atoms with Crippen molar-refractivity contribution in [2.24, 2.45) is 0 Å². The van der Waals surface area contributed by atoms with Gasteiger partial charge in [0.15, 0.2) is 0 Å². The lowest BCUT2D eigenvalue weighted by molar-refractivity contribution is 0.0946. The maximum Gasteiger partial charge on any atom is 0.257 e. The lowest BCUT2D eigenvalue weighted by atomic mass is 10.1. The Morgan fingerprint density at radius 2 is 2.12 bits per heavy atom. The average molecular weight is 359 g/mol. The van der Waals surface area contributed by atoms with Crippen LogP contribution in [0.25, 0.3) is 0 Å². The number of benzene rings is 1. The number of carbonyl (C=O) groups excluding carboxylic acids is 1. The number of aryl methyl sites for hydroxylation is 1. The van der Waals surface area contributed by atoms with Crippen molar-refractivity contribution >= 4 is 11.7 Å². The molecular formula is C19H22FN3O3. The Labute approximate surface area is 151 Å². The number of hydrogen-bond donors (Lipinski definition) is 1.